The standard InChI is InChI=1S/C12H14N6OS/c1-3-8-4-9-10(18-6-7(19-2)5-14-18)15-12(17-13)16-11(9)20-8/h4-6H,3,13H2,1-2H3,(H,15,16,17). The van der Waals surface area contributed by atoms with Crippen LogP contribution in [0, 0.1) is 0 Å². The van der Waals surface area contributed by atoms with Gasteiger partial charge in [0.05, 0.1) is 24.9 Å². The number of aryl methyl sites for hydroxylation is 1. The molecule has 0 unspecified atom stereocenters. The molecule has 3 rings (SSSR count). The lowest BCUT2D eigenvalue weighted by Gasteiger charge is -2.04. The number of nitrogens with two attached hydrogens (primary N) is 1. The molecule has 0 radical (unpaired) electrons. The Morgan fingerprint density at radius 2 is 2.30 bits per heavy atom. The maximum atomic E-state index is 5.43. The number of hydrogen-bond acceptors (Lipinski definition) is 7. The number of rotatable bonds is 4. The van der Waals surface area contributed by atoms with Crippen LogP contribution < -0.4 is 16.0 Å². The fourth-order valence-corrected chi connectivity index (χ4v) is 2.86. The number of methoxy groups -OCH3 is 1. The lowest BCUT2D eigenvalue weighted by Crippen LogP contribution is -2.12. The van der Waals surface area contributed by atoms with Gasteiger partial charge in [-0.25, -0.2) is 15.5 Å². The van der Waals surface area contributed by atoms with Crippen molar-refractivity contribution in [3.8, 4) is 11.6 Å². The summed E-state index contributed by atoms with van der Waals surface area (Å²) in [4.78, 5) is 10.9. The maximum Gasteiger partial charge on any atom is 0.240 e. The minimum absolute atomic E-state index is 0.367. The lowest BCUT2D eigenvalue weighted by atomic mass is 10.3. The zero-order valence-electron chi connectivity index (χ0n) is 11.1. The van der Waals surface area contributed by atoms with Crippen molar-refractivity contribution in [2.24, 2.45) is 5.84 Å². The van der Waals surface area contributed by atoms with Crippen LogP contribution in [0.15, 0.2) is 18.5 Å². The van der Waals surface area contributed by atoms with Gasteiger partial charge in [0, 0.05) is 4.88 Å². The van der Waals surface area contributed by atoms with Crippen molar-refractivity contribution in [3.05, 3.63) is 23.3 Å². The van der Waals surface area contributed by atoms with E-state index < -0.39 is 0 Å². The van der Waals surface area contributed by atoms with Gasteiger partial charge in [-0.05, 0) is 12.5 Å². The Bertz CT molecular complexity index is 750. The van der Waals surface area contributed by atoms with Crippen molar-refractivity contribution in [2.45, 2.75) is 13.3 Å². The minimum Gasteiger partial charge on any atom is -0.493 e. The van der Waals surface area contributed by atoms with E-state index in [0.29, 0.717) is 17.5 Å². The first-order chi connectivity index (χ1) is 9.75. The summed E-state index contributed by atoms with van der Waals surface area (Å²) < 4.78 is 6.81. The van der Waals surface area contributed by atoms with Crippen molar-refractivity contribution < 1.29 is 4.74 Å². The van der Waals surface area contributed by atoms with Crippen LogP contribution in [0.25, 0.3) is 16.0 Å². The average molecular weight is 290 g/mol. The molecule has 0 saturated carbocycles. The van der Waals surface area contributed by atoms with E-state index in [1.54, 1.807) is 35.5 Å². The number of anilines is 1. The Morgan fingerprint density at radius 3 is 2.95 bits per heavy atom. The summed E-state index contributed by atoms with van der Waals surface area (Å²) >= 11 is 1.63. The third-order valence-electron chi connectivity index (χ3n) is 2.91. The van der Waals surface area contributed by atoms with Crippen LogP contribution in [0.5, 0.6) is 5.75 Å². The molecule has 3 N–H and O–H groups in total. The highest BCUT2D eigenvalue weighted by atomic mass is 32.1. The van der Waals surface area contributed by atoms with Crippen molar-refractivity contribution in [2.75, 3.05) is 12.5 Å². The van der Waals surface area contributed by atoms with Crippen LogP contribution in [-0.4, -0.2) is 26.9 Å². The van der Waals surface area contributed by atoms with E-state index in [9.17, 15) is 0 Å². The summed E-state index contributed by atoms with van der Waals surface area (Å²) in [5.41, 5.74) is 2.49. The zero-order chi connectivity index (χ0) is 14.1. The van der Waals surface area contributed by atoms with Gasteiger partial charge in [0.25, 0.3) is 0 Å². The van der Waals surface area contributed by atoms with Gasteiger partial charge in [-0.2, -0.15) is 10.1 Å². The van der Waals surface area contributed by atoms with Crippen molar-refractivity contribution in [3.63, 3.8) is 0 Å². The number of thiophene rings is 1. The van der Waals surface area contributed by atoms with Gasteiger partial charge in [-0.3, -0.25) is 5.43 Å². The Balaban J connectivity index is 2.23. The quantitative estimate of drug-likeness (QED) is 0.562. The van der Waals surface area contributed by atoms with E-state index in [1.165, 1.54) is 4.88 Å². The summed E-state index contributed by atoms with van der Waals surface area (Å²) in [5.74, 6) is 7.15. The molecule has 0 bridgehead atoms. The van der Waals surface area contributed by atoms with Gasteiger partial charge >= 0.3 is 0 Å². The third kappa shape index (κ3) is 2.08. The zero-order valence-corrected chi connectivity index (χ0v) is 11.9. The summed E-state index contributed by atoms with van der Waals surface area (Å²) in [5, 5.41) is 5.21. The SMILES string of the molecule is CCc1cc2c(-n3cc(OC)cn3)nc(NN)nc2s1. The second-order valence-electron chi connectivity index (χ2n) is 4.12. The molecule has 0 spiro atoms. The molecule has 0 saturated heterocycles. The van der Waals surface area contributed by atoms with Gasteiger partial charge < -0.3 is 4.74 Å². The number of nitrogens with one attached hydrogen (secondary N) is 1. The molecule has 3 heterocycles. The van der Waals surface area contributed by atoms with Crippen LogP contribution in [0.3, 0.4) is 0 Å². The second-order valence-corrected chi connectivity index (χ2v) is 5.24. The predicted octanol–water partition coefficient (Wildman–Crippen LogP) is 1.73. The Morgan fingerprint density at radius 1 is 1.45 bits per heavy atom. The largest absolute Gasteiger partial charge is 0.493 e. The lowest BCUT2D eigenvalue weighted by molar-refractivity contribution is 0.414. The van der Waals surface area contributed by atoms with E-state index in [1.807, 2.05) is 0 Å². The summed E-state index contributed by atoms with van der Waals surface area (Å²) in [6.45, 7) is 2.11. The minimum atomic E-state index is 0.367. The number of aromatic nitrogens is 4. The number of ether oxygens (including phenoxy) is 1. The number of fused-ring (bicyclic) bond motifs is 1. The number of hydrogen-bond donors (Lipinski definition) is 2. The van der Waals surface area contributed by atoms with Gasteiger partial charge in [0.15, 0.2) is 11.6 Å². The molecule has 0 aliphatic rings. The van der Waals surface area contributed by atoms with Crippen LogP contribution in [0.4, 0.5) is 5.95 Å². The molecule has 104 valence electrons. The number of nitrogens with zero attached hydrogens (tertiary/aromatic N) is 4. The van der Waals surface area contributed by atoms with Crippen molar-refractivity contribution >= 4 is 27.5 Å². The first kappa shape index (κ1) is 12.8. The fraction of sp³-hybridized carbons (Fsp3) is 0.250. The molecule has 0 aliphatic carbocycles. The van der Waals surface area contributed by atoms with Gasteiger partial charge in [0.1, 0.15) is 4.83 Å². The van der Waals surface area contributed by atoms with Crippen molar-refractivity contribution in [1.29, 1.82) is 0 Å². The predicted molar refractivity (Wildman–Crippen MR) is 78.3 cm³/mol. The van der Waals surface area contributed by atoms with E-state index >= 15 is 0 Å². The monoisotopic (exact) mass is 290 g/mol. The smallest absolute Gasteiger partial charge is 0.240 e. The topological polar surface area (TPSA) is 90.9 Å². The summed E-state index contributed by atoms with van der Waals surface area (Å²) in [6.07, 6.45) is 4.36. The van der Waals surface area contributed by atoms with Gasteiger partial charge in [-0.1, -0.05) is 6.92 Å². The van der Waals surface area contributed by atoms with Gasteiger partial charge in [0.2, 0.25) is 5.95 Å². The second kappa shape index (κ2) is 5.06. The highest BCUT2D eigenvalue weighted by Gasteiger charge is 2.13. The Kier molecular flexibility index (Phi) is 3.25. The van der Waals surface area contributed by atoms with Gasteiger partial charge in [-0.15, -0.1) is 11.3 Å². The molecule has 0 aromatic carbocycles. The van der Waals surface area contributed by atoms with Crippen LogP contribution in [-0.2, 0) is 6.42 Å². The Hall–Kier alpha value is -2.19. The van der Waals surface area contributed by atoms with Crippen molar-refractivity contribution in [1.82, 2.24) is 19.7 Å². The number of nitrogen functional groups attached to an aromatic ring is 1. The summed E-state index contributed by atoms with van der Waals surface area (Å²) in [6, 6.07) is 2.09. The maximum absolute atomic E-state index is 5.43. The fourth-order valence-electron chi connectivity index (χ4n) is 1.90. The molecule has 0 amide bonds. The molecule has 7 nitrogen and oxygen atoms in total. The highest BCUT2D eigenvalue weighted by Crippen LogP contribution is 2.29. The molecule has 0 aliphatic heterocycles. The highest BCUT2D eigenvalue weighted by molar-refractivity contribution is 7.18. The van der Waals surface area contributed by atoms with Crippen LogP contribution in [0.1, 0.15) is 11.8 Å². The normalized spacial score (nSPS) is 10.9. The average Bonchev–Trinajstić information content (AvgIpc) is 3.11. The number of hydrazine groups is 1. The van der Waals surface area contributed by atoms with E-state index in [2.05, 4.69) is 33.5 Å². The van der Waals surface area contributed by atoms with E-state index in [0.717, 1.165) is 16.6 Å². The molecule has 0 fully saturated rings. The molecule has 3 aromatic rings. The Labute approximate surface area is 119 Å². The van der Waals surface area contributed by atoms with E-state index in [4.69, 9.17) is 10.6 Å². The molecule has 3 aromatic heterocycles. The van der Waals surface area contributed by atoms with Crippen LogP contribution >= 0.6 is 11.3 Å². The summed E-state index contributed by atoms with van der Waals surface area (Å²) in [7, 11) is 1.60. The van der Waals surface area contributed by atoms with Crippen LogP contribution in [0.2, 0.25) is 0 Å². The molecular weight excluding hydrogens is 276 g/mol. The van der Waals surface area contributed by atoms with E-state index in [-0.39, 0.29) is 0 Å². The first-order valence-corrected chi connectivity index (χ1v) is 6.93. The molecule has 8 heteroatoms. The third-order valence-corrected chi connectivity index (χ3v) is 4.09. The first-order valence-electron chi connectivity index (χ1n) is 6.11. The molecule has 20 heavy (non-hydrogen) atoms. The molecular formula is C12H14N6OS. The molecule has 0 atom stereocenters.